The highest BCUT2D eigenvalue weighted by Crippen LogP contribution is 2.34. The third-order valence-corrected chi connectivity index (χ3v) is 11.7. The molecular formula is C47H60N10O7. The van der Waals surface area contributed by atoms with Gasteiger partial charge in [-0.1, -0.05) is 39.0 Å². The Morgan fingerprint density at radius 2 is 1.67 bits per heavy atom. The zero-order chi connectivity index (χ0) is 46.1. The van der Waals surface area contributed by atoms with Gasteiger partial charge in [0.1, 0.15) is 35.9 Å². The number of nitrogens with zero attached hydrogens (tertiary/aromatic N) is 5. The van der Waals surface area contributed by atoms with Gasteiger partial charge in [0.15, 0.2) is 0 Å². The fraction of sp³-hybridized carbons (Fsp3) is 0.426. The molecule has 2 aromatic heterocycles. The Labute approximate surface area is 374 Å². The largest absolute Gasteiger partial charge is 0.496 e. The van der Waals surface area contributed by atoms with Crippen molar-refractivity contribution >= 4 is 46.9 Å². The summed E-state index contributed by atoms with van der Waals surface area (Å²) in [5, 5.41) is 20.4. The molecule has 2 saturated heterocycles. The first kappa shape index (κ1) is 46.7. The van der Waals surface area contributed by atoms with E-state index in [1.54, 1.807) is 47.2 Å². The molecule has 0 bridgehead atoms. The van der Waals surface area contributed by atoms with E-state index in [1.165, 1.54) is 13.2 Å². The number of amides is 4. The van der Waals surface area contributed by atoms with E-state index >= 15 is 0 Å². The van der Waals surface area contributed by atoms with Gasteiger partial charge in [0.25, 0.3) is 5.91 Å². The number of rotatable bonds is 16. The molecule has 0 radical (unpaired) electrons. The molecule has 2 aromatic carbocycles. The quantitative estimate of drug-likeness (QED) is 0.0935. The number of allylic oxidation sites excluding steroid dienone is 1. The average Bonchev–Trinajstić information content (AvgIpc) is 3.97. The summed E-state index contributed by atoms with van der Waals surface area (Å²) < 4.78 is 19.2. The molecule has 4 amide bonds. The van der Waals surface area contributed by atoms with Crippen molar-refractivity contribution in [3.05, 3.63) is 89.9 Å². The van der Waals surface area contributed by atoms with Crippen LogP contribution in [-0.2, 0) is 26.2 Å². The molecule has 4 heterocycles. The Morgan fingerprint density at radius 1 is 0.938 bits per heavy atom. The van der Waals surface area contributed by atoms with Gasteiger partial charge in [0, 0.05) is 62.0 Å². The number of likely N-dealkylation sites (tertiary alicyclic amines) is 1. The van der Waals surface area contributed by atoms with Crippen molar-refractivity contribution in [1.29, 1.82) is 5.41 Å². The number of ether oxygens (including phenoxy) is 3. The lowest BCUT2D eigenvalue weighted by Gasteiger charge is -2.36. The number of aromatic nitrogens is 3. The third kappa shape index (κ3) is 11.1. The maximum Gasteiger partial charge on any atom is 0.274 e. The Balaban J connectivity index is 1.00. The number of hydrogen-bond acceptors (Lipinski definition) is 12. The number of carbonyl (C=O) groups is 4. The topological polar surface area (TPSA) is 219 Å². The first-order valence-electron chi connectivity index (χ1n) is 21.5. The fourth-order valence-electron chi connectivity index (χ4n) is 8.13. The van der Waals surface area contributed by atoms with Crippen LogP contribution in [0.5, 0.6) is 11.5 Å². The lowest BCUT2D eigenvalue weighted by molar-refractivity contribution is -0.145. The van der Waals surface area contributed by atoms with E-state index in [1.807, 2.05) is 71.1 Å². The highest BCUT2D eigenvalue weighted by atomic mass is 16.5. The van der Waals surface area contributed by atoms with Crippen molar-refractivity contribution in [3.8, 4) is 22.8 Å². The molecule has 2 fully saturated rings. The van der Waals surface area contributed by atoms with E-state index in [2.05, 4.69) is 30.9 Å². The molecule has 0 unspecified atom stereocenters. The summed E-state index contributed by atoms with van der Waals surface area (Å²) in [7, 11) is 5.00. The van der Waals surface area contributed by atoms with Crippen LogP contribution in [-0.4, -0.2) is 108 Å². The minimum absolute atomic E-state index is 0.161. The molecule has 17 nitrogen and oxygen atoms in total. The summed E-state index contributed by atoms with van der Waals surface area (Å²) in [4.78, 5) is 62.6. The summed E-state index contributed by atoms with van der Waals surface area (Å²) >= 11 is 0. The molecule has 6 N–H and O–H groups in total. The number of nitrogens with two attached hydrogens (primary N) is 1. The first-order chi connectivity index (χ1) is 30.6. The van der Waals surface area contributed by atoms with E-state index in [4.69, 9.17) is 25.4 Å². The molecule has 6 rings (SSSR count). The molecule has 340 valence electrons. The molecule has 3 atom stereocenters. The number of benzene rings is 2. The minimum atomic E-state index is -0.881. The van der Waals surface area contributed by atoms with Crippen LogP contribution in [0.3, 0.4) is 0 Å². The number of piperidine rings is 1. The second kappa shape index (κ2) is 20.6. The molecule has 0 spiro atoms. The Hall–Kier alpha value is -6.75. The summed E-state index contributed by atoms with van der Waals surface area (Å²) in [6.45, 7) is 9.08. The second-order valence-corrected chi connectivity index (χ2v) is 17.1. The number of hydrogen-bond donors (Lipinski definition) is 5. The molecule has 0 saturated carbocycles. The van der Waals surface area contributed by atoms with Crippen molar-refractivity contribution in [3.63, 3.8) is 0 Å². The number of carbonyl (C=O) groups excluding carboxylic acids is 4. The summed E-state index contributed by atoms with van der Waals surface area (Å²) in [6.07, 6.45) is 6.51. The minimum Gasteiger partial charge on any atom is -0.496 e. The summed E-state index contributed by atoms with van der Waals surface area (Å²) in [6, 6.07) is 16.2. The standard InChI is InChI=1S/C47H60N10O7/c1-29(33-15-13-30(26-40(33)62-6)38-18-22-50-55(38)5)51-45(60)39-12-9-23-57(39)46(61)43(47(2,3)4)54-42(58)28-64-32-19-24-56(25-20-32)31-14-16-36(41(27-31)63-7)53-44(59)37-11-8-10-35(52-37)34(49)17-21-48/h8,10-11,13-18,21-22,26-27,29,32,39,43,48H,9,12,19-20,23-25,28,49H2,1-7H3,(H,51,60)(H,53,59)(H,54,58)/b34-17-,48-21?/t29-,39-,43+/m0/s1. The van der Waals surface area contributed by atoms with Crippen LogP contribution in [0.4, 0.5) is 11.4 Å². The zero-order valence-electron chi connectivity index (χ0n) is 37.6. The maximum atomic E-state index is 14.2. The predicted octanol–water partition coefficient (Wildman–Crippen LogP) is 5.09. The SMILES string of the molecule is COc1cc(N2CCC(OCC(=O)N[C@H](C(=O)N3CCC[C@H]3C(=O)N[C@@H](C)c3ccc(-c4ccnn4C)cc3OC)C(C)(C)C)CC2)ccc1NC(=O)c1cccc(/C(N)=C/C=N)n1. The average molecular weight is 877 g/mol. The summed E-state index contributed by atoms with van der Waals surface area (Å²) in [5.74, 6) is -0.304. The zero-order valence-corrected chi connectivity index (χ0v) is 37.6. The summed E-state index contributed by atoms with van der Waals surface area (Å²) in [5.41, 5.74) is 10.2. The van der Waals surface area contributed by atoms with Gasteiger partial charge in [-0.3, -0.25) is 23.9 Å². The molecule has 64 heavy (non-hydrogen) atoms. The Morgan fingerprint density at radius 3 is 2.34 bits per heavy atom. The van der Waals surface area contributed by atoms with Crippen LogP contribution in [0, 0.1) is 10.8 Å². The van der Waals surface area contributed by atoms with Gasteiger partial charge in [-0.15, -0.1) is 0 Å². The van der Waals surface area contributed by atoms with Gasteiger partial charge in [-0.05, 0) is 80.5 Å². The van der Waals surface area contributed by atoms with Crippen molar-refractivity contribution in [1.82, 2.24) is 30.3 Å². The Kier molecular flexibility index (Phi) is 15.1. The number of pyridine rings is 1. The van der Waals surface area contributed by atoms with Gasteiger partial charge in [0.2, 0.25) is 17.7 Å². The van der Waals surface area contributed by atoms with Gasteiger partial charge in [0.05, 0.1) is 49.1 Å². The number of aryl methyl sites for hydroxylation is 1. The number of methoxy groups -OCH3 is 2. The lowest BCUT2D eigenvalue weighted by atomic mass is 9.85. The van der Waals surface area contributed by atoms with Crippen molar-refractivity contribution in [2.75, 3.05) is 50.7 Å². The normalized spacial score (nSPS) is 16.7. The van der Waals surface area contributed by atoms with E-state index in [0.29, 0.717) is 68.2 Å². The monoisotopic (exact) mass is 876 g/mol. The van der Waals surface area contributed by atoms with Crippen LogP contribution < -0.4 is 36.1 Å². The number of anilines is 2. The molecule has 2 aliphatic heterocycles. The van der Waals surface area contributed by atoms with Crippen LogP contribution in [0.1, 0.15) is 81.2 Å². The fourth-order valence-corrected chi connectivity index (χ4v) is 8.13. The van der Waals surface area contributed by atoms with E-state index in [-0.39, 0.29) is 35.9 Å². The molecular weight excluding hydrogens is 817 g/mol. The first-order valence-corrected chi connectivity index (χ1v) is 21.5. The molecule has 4 aromatic rings. The number of nitrogens with one attached hydrogen (secondary N) is 4. The highest BCUT2D eigenvalue weighted by Gasteiger charge is 2.42. The van der Waals surface area contributed by atoms with E-state index < -0.39 is 35.4 Å². The van der Waals surface area contributed by atoms with E-state index in [9.17, 15) is 19.2 Å². The van der Waals surface area contributed by atoms with Crippen molar-refractivity contribution in [2.24, 2.45) is 18.2 Å². The molecule has 0 aliphatic carbocycles. The van der Waals surface area contributed by atoms with Gasteiger partial charge in [-0.2, -0.15) is 5.10 Å². The van der Waals surface area contributed by atoms with Crippen LogP contribution in [0.25, 0.3) is 17.0 Å². The molecule has 2 aliphatic rings. The second-order valence-electron chi connectivity index (χ2n) is 17.1. The van der Waals surface area contributed by atoms with Gasteiger partial charge < -0.3 is 51.1 Å². The van der Waals surface area contributed by atoms with Crippen LogP contribution >= 0.6 is 0 Å². The predicted molar refractivity (Wildman–Crippen MR) is 245 cm³/mol. The lowest BCUT2D eigenvalue weighted by Crippen LogP contribution is -2.58. The van der Waals surface area contributed by atoms with Crippen LogP contribution in [0.15, 0.2) is 72.9 Å². The van der Waals surface area contributed by atoms with Gasteiger partial charge >= 0.3 is 0 Å². The van der Waals surface area contributed by atoms with Gasteiger partial charge in [-0.25, -0.2) is 4.98 Å². The highest BCUT2D eigenvalue weighted by molar-refractivity contribution is 6.04. The Bertz CT molecular complexity index is 2360. The smallest absolute Gasteiger partial charge is 0.274 e. The maximum absolute atomic E-state index is 14.2. The third-order valence-electron chi connectivity index (χ3n) is 11.7. The van der Waals surface area contributed by atoms with Crippen LogP contribution in [0.2, 0.25) is 0 Å². The molecule has 17 heteroatoms. The van der Waals surface area contributed by atoms with E-state index in [0.717, 1.165) is 28.7 Å². The van der Waals surface area contributed by atoms with Crippen molar-refractivity contribution in [2.45, 2.75) is 77.6 Å². The van der Waals surface area contributed by atoms with Crippen molar-refractivity contribution < 1.29 is 33.4 Å².